The Balaban J connectivity index is 1.55. The number of benzene rings is 1. The van der Waals surface area contributed by atoms with Crippen molar-refractivity contribution in [3.63, 3.8) is 0 Å². The summed E-state index contributed by atoms with van der Waals surface area (Å²) in [7, 11) is 0. The molecule has 3 N–H and O–H groups in total. The molecule has 0 spiro atoms. The molecule has 2 heterocycles. The van der Waals surface area contributed by atoms with E-state index in [1.54, 1.807) is 0 Å². The first kappa shape index (κ1) is 17.6. The number of thiophene rings is 1. The zero-order valence-corrected chi connectivity index (χ0v) is 14.7. The smallest absolute Gasteiger partial charge is 0.406 e. The number of aromatic nitrogens is 1. The van der Waals surface area contributed by atoms with E-state index in [1.165, 1.54) is 29.0 Å². The lowest BCUT2D eigenvalue weighted by atomic mass is 10.1. The Hall–Kier alpha value is -2.81. The number of aryl methyl sites for hydroxylation is 2. The van der Waals surface area contributed by atoms with Crippen molar-refractivity contribution in [1.82, 2.24) is 4.98 Å². The SMILES string of the molecule is Nc1c(C(=O)Nc2ccc(OC(F)(F)F)cc2)sc2nc3c(cc12)CCC3. The Morgan fingerprint density at radius 2 is 1.96 bits per heavy atom. The summed E-state index contributed by atoms with van der Waals surface area (Å²) in [5.41, 5.74) is 9.07. The van der Waals surface area contributed by atoms with Gasteiger partial charge in [-0.1, -0.05) is 0 Å². The maximum absolute atomic E-state index is 12.6. The summed E-state index contributed by atoms with van der Waals surface area (Å²) in [6.07, 6.45) is -1.80. The van der Waals surface area contributed by atoms with Crippen molar-refractivity contribution in [3.05, 3.63) is 46.5 Å². The number of hydrogen-bond donors (Lipinski definition) is 2. The van der Waals surface area contributed by atoms with E-state index in [-0.39, 0.29) is 5.75 Å². The molecule has 0 radical (unpaired) electrons. The van der Waals surface area contributed by atoms with Gasteiger partial charge >= 0.3 is 6.36 Å². The van der Waals surface area contributed by atoms with Crippen LogP contribution in [0.2, 0.25) is 0 Å². The van der Waals surface area contributed by atoms with E-state index in [1.807, 2.05) is 6.07 Å². The summed E-state index contributed by atoms with van der Waals surface area (Å²) in [6.45, 7) is 0. The van der Waals surface area contributed by atoms with E-state index in [0.717, 1.165) is 42.5 Å². The number of nitrogens with one attached hydrogen (secondary N) is 1. The van der Waals surface area contributed by atoms with Gasteiger partial charge in [0.1, 0.15) is 15.5 Å². The number of anilines is 2. The lowest BCUT2D eigenvalue weighted by Crippen LogP contribution is -2.17. The molecule has 0 aliphatic heterocycles. The Morgan fingerprint density at radius 1 is 1.22 bits per heavy atom. The van der Waals surface area contributed by atoms with Crippen LogP contribution in [0, 0.1) is 0 Å². The lowest BCUT2D eigenvalue weighted by molar-refractivity contribution is -0.274. The molecule has 0 fully saturated rings. The highest BCUT2D eigenvalue weighted by Crippen LogP contribution is 2.36. The molecule has 0 saturated heterocycles. The fourth-order valence-corrected chi connectivity index (χ4v) is 4.09. The van der Waals surface area contributed by atoms with Gasteiger partial charge in [0, 0.05) is 16.8 Å². The standard InChI is InChI=1S/C18H14F3N3O2S/c19-18(20,21)26-11-6-4-10(5-7-11)23-16(25)15-14(22)12-8-9-2-1-3-13(9)24-17(12)27-15/h4-8H,1-3,22H2,(H,23,25). The maximum atomic E-state index is 12.6. The van der Waals surface area contributed by atoms with Gasteiger partial charge in [-0.3, -0.25) is 4.79 Å². The molecule has 1 aromatic carbocycles. The summed E-state index contributed by atoms with van der Waals surface area (Å²) in [4.78, 5) is 18.2. The van der Waals surface area contributed by atoms with Gasteiger partial charge in [-0.2, -0.15) is 0 Å². The molecule has 9 heteroatoms. The molecule has 1 aliphatic carbocycles. The number of pyridine rings is 1. The average molecular weight is 393 g/mol. The molecule has 27 heavy (non-hydrogen) atoms. The Labute approximate surface area is 156 Å². The van der Waals surface area contributed by atoms with E-state index in [4.69, 9.17) is 5.73 Å². The molecule has 0 bridgehead atoms. The third kappa shape index (κ3) is 3.55. The summed E-state index contributed by atoms with van der Waals surface area (Å²) in [5.74, 6) is -0.791. The zero-order chi connectivity index (χ0) is 19.2. The second-order valence-corrected chi connectivity index (χ2v) is 7.17. The van der Waals surface area contributed by atoms with Gasteiger partial charge in [-0.15, -0.1) is 24.5 Å². The third-order valence-electron chi connectivity index (χ3n) is 4.30. The topological polar surface area (TPSA) is 77.2 Å². The van der Waals surface area contributed by atoms with Crippen LogP contribution in [0.5, 0.6) is 5.75 Å². The van der Waals surface area contributed by atoms with Gasteiger partial charge in [-0.05, 0) is 55.2 Å². The van der Waals surface area contributed by atoms with Crippen LogP contribution in [0.1, 0.15) is 27.3 Å². The van der Waals surface area contributed by atoms with Gasteiger partial charge in [0.2, 0.25) is 0 Å². The molecule has 5 nitrogen and oxygen atoms in total. The molecule has 1 aliphatic rings. The Kier molecular flexibility index (Phi) is 4.18. The molecule has 1 amide bonds. The van der Waals surface area contributed by atoms with E-state index >= 15 is 0 Å². The fraction of sp³-hybridized carbons (Fsp3) is 0.222. The summed E-state index contributed by atoms with van der Waals surface area (Å²) < 4.78 is 40.4. The second-order valence-electron chi connectivity index (χ2n) is 6.17. The average Bonchev–Trinajstić information content (AvgIpc) is 3.18. The largest absolute Gasteiger partial charge is 0.573 e. The van der Waals surface area contributed by atoms with Crippen LogP contribution >= 0.6 is 11.3 Å². The molecule has 0 unspecified atom stereocenters. The summed E-state index contributed by atoms with van der Waals surface area (Å²) in [6, 6.07) is 6.91. The number of fused-ring (bicyclic) bond motifs is 2. The van der Waals surface area contributed by atoms with Crippen molar-refractivity contribution in [1.29, 1.82) is 0 Å². The monoisotopic (exact) mass is 393 g/mol. The highest BCUT2D eigenvalue weighted by atomic mass is 32.1. The van der Waals surface area contributed by atoms with Gasteiger partial charge < -0.3 is 15.8 Å². The predicted octanol–water partition coefficient (Wildman–Crippen LogP) is 4.52. The van der Waals surface area contributed by atoms with E-state index in [9.17, 15) is 18.0 Å². The molecular weight excluding hydrogens is 379 g/mol. The highest BCUT2D eigenvalue weighted by Gasteiger charge is 2.31. The van der Waals surface area contributed by atoms with Crippen LogP contribution in [-0.2, 0) is 12.8 Å². The first-order chi connectivity index (χ1) is 12.8. The highest BCUT2D eigenvalue weighted by molar-refractivity contribution is 7.21. The van der Waals surface area contributed by atoms with Crippen LogP contribution < -0.4 is 15.8 Å². The number of halogens is 3. The minimum atomic E-state index is -4.76. The number of nitrogens with two attached hydrogens (primary N) is 1. The summed E-state index contributed by atoms with van der Waals surface area (Å²) >= 11 is 1.21. The van der Waals surface area contributed by atoms with Gasteiger partial charge in [0.25, 0.3) is 5.91 Å². The quantitative estimate of drug-likeness (QED) is 0.686. The molecule has 3 aromatic rings. The van der Waals surface area contributed by atoms with Crippen molar-refractivity contribution in [3.8, 4) is 5.75 Å². The maximum Gasteiger partial charge on any atom is 0.573 e. The normalized spacial score (nSPS) is 13.6. The van der Waals surface area contributed by atoms with E-state index in [2.05, 4.69) is 15.0 Å². The number of hydrogen-bond acceptors (Lipinski definition) is 5. The zero-order valence-electron chi connectivity index (χ0n) is 13.9. The third-order valence-corrected chi connectivity index (χ3v) is 5.42. The molecule has 140 valence electrons. The van der Waals surface area contributed by atoms with Crippen molar-refractivity contribution >= 4 is 38.8 Å². The molecule has 0 saturated carbocycles. The number of nitrogens with zero attached hydrogens (tertiary/aromatic N) is 1. The van der Waals surface area contributed by atoms with Gasteiger partial charge in [-0.25, -0.2) is 4.98 Å². The van der Waals surface area contributed by atoms with Crippen molar-refractivity contribution in [2.24, 2.45) is 0 Å². The minimum Gasteiger partial charge on any atom is -0.406 e. The minimum absolute atomic E-state index is 0.330. The van der Waals surface area contributed by atoms with Crippen molar-refractivity contribution in [2.45, 2.75) is 25.6 Å². The van der Waals surface area contributed by atoms with Crippen molar-refractivity contribution < 1.29 is 22.7 Å². The van der Waals surface area contributed by atoms with Crippen LogP contribution in [0.15, 0.2) is 30.3 Å². The lowest BCUT2D eigenvalue weighted by Gasteiger charge is -2.09. The molecular formula is C18H14F3N3O2S. The van der Waals surface area contributed by atoms with Gasteiger partial charge in [0.15, 0.2) is 0 Å². The van der Waals surface area contributed by atoms with E-state index in [0.29, 0.717) is 21.1 Å². The van der Waals surface area contributed by atoms with Crippen LogP contribution in [0.4, 0.5) is 24.5 Å². The van der Waals surface area contributed by atoms with Gasteiger partial charge in [0.05, 0.1) is 5.69 Å². The number of carbonyl (C=O) groups is 1. The van der Waals surface area contributed by atoms with E-state index < -0.39 is 12.3 Å². The number of alkyl halides is 3. The van der Waals surface area contributed by atoms with Crippen LogP contribution in [0.3, 0.4) is 0 Å². The Morgan fingerprint density at radius 3 is 2.67 bits per heavy atom. The first-order valence-electron chi connectivity index (χ1n) is 8.18. The number of amides is 1. The summed E-state index contributed by atoms with van der Waals surface area (Å²) in [5, 5.41) is 3.40. The predicted molar refractivity (Wildman–Crippen MR) is 97.1 cm³/mol. The van der Waals surface area contributed by atoms with Crippen molar-refractivity contribution in [2.75, 3.05) is 11.1 Å². The fourth-order valence-electron chi connectivity index (χ4n) is 3.09. The van der Waals surface area contributed by atoms with Crippen LogP contribution in [-0.4, -0.2) is 17.3 Å². The molecule has 0 atom stereocenters. The number of ether oxygens (including phenoxy) is 1. The molecule has 4 rings (SSSR count). The van der Waals surface area contributed by atoms with Crippen LogP contribution in [0.25, 0.3) is 10.2 Å². The molecule has 2 aromatic heterocycles. The number of carbonyl (C=O) groups excluding carboxylic acids is 1. The Bertz CT molecular complexity index is 1030. The number of nitrogen functional groups attached to an aromatic ring is 1. The second kappa shape index (κ2) is 6.41. The number of rotatable bonds is 3. The first-order valence-corrected chi connectivity index (χ1v) is 9.00.